The number of hydrogen-bond acceptors (Lipinski definition) is 4. The van der Waals surface area contributed by atoms with Gasteiger partial charge in [0, 0.05) is 25.8 Å². The fourth-order valence-corrected chi connectivity index (χ4v) is 3.29. The maximum Gasteiger partial charge on any atom is 0.417 e. The number of fused-ring (bicyclic) bond motifs is 3. The third kappa shape index (κ3) is 3.15. The van der Waals surface area contributed by atoms with E-state index < -0.39 is 29.8 Å². The summed E-state index contributed by atoms with van der Waals surface area (Å²) in [5.74, 6) is -0.0985. The van der Waals surface area contributed by atoms with E-state index in [1.54, 1.807) is 4.90 Å². The van der Waals surface area contributed by atoms with Gasteiger partial charge in [0.05, 0.1) is 17.8 Å². The lowest BCUT2D eigenvalue weighted by Gasteiger charge is -2.47. The molecule has 1 fully saturated rings. The summed E-state index contributed by atoms with van der Waals surface area (Å²) >= 11 is 0. The fraction of sp³-hybridized carbons (Fsp3) is 0.562. The molecule has 3 heterocycles. The second kappa shape index (κ2) is 6.33. The largest absolute Gasteiger partial charge is 0.465 e. The zero-order valence-corrected chi connectivity index (χ0v) is 14.3. The van der Waals surface area contributed by atoms with E-state index in [1.807, 2.05) is 13.8 Å². The van der Waals surface area contributed by atoms with Crippen molar-refractivity contribution in [3.8, 4) is 0 Å². The van der Waals surface area contributed by atoms with E-state index in [4.69, 9.17) is 0 Å². The maximum absolute atomic E-state index is 13.1. The van der Waals surface area contributed by atoms with Crippen LogP contribution in [0.1, 0.15) is 19.4 Å². The molecule has 0 radical (unpaired) electrons. The summed E-state index contributed by atoms with van der Waals surface area (Å²) in [6.45, 7) is 4.25. The first-order valence-electron chi connectivity index (χ1n) is 8.22. The van der Waals surface area contributed by atoms with Crippen LogP contribution in [0, 0.1) is 5.92 Å². The fourth-order valence-electron chi connectivity index (χ4n) is 3.29. The summed E-state index contributed by atoms with van der Waals surface area (Å²) < 4.78 is 39.3. The number of aromatic nitrogens is 1. The molecular formula is C16H19F3N4O3. The number of rotatable bonds is 2. The number of carboxylic acid groups (broad SMARTS) is 1. The summed E-state index contributed by atoms with van der Waals surface area (Å²) in [5, 5.41) is 9.19. The number of pyridine rings is 1. The van der Waals surface area contributed by atoms with Crippen LogP contribution in [0.2, 0.25) is 0 Å². The highest BCUT2D eigenvalue weighted by Crippen LogP contribution is 2.40. The summed E-state index contributed by atoms with van der Waals surface area (Å²) in [5.41, 5.74) is -0.793. The SMILES string of the molecule is CC(C)CN1C(=O)[C@H]2CN(C(=O)O)CCN2c2ncc(C(F)(F)F)cc21. The Kier molecular flexibility index (Phi) is 4.45. The van der Waals surface area contributed by atoms with E-state index in [-0.39, 0.29) is 43.6 Å². The number of piperazine rings is 1. The minimum Gasteiger partial charge on any atom is -0.465 e. The molecule has 0 saturated carbocycles. The topological polar surface area (TPSA) is 77.0 Å². The van der Waals surface area contributed by atoms with Gasteiger partial charge in [-0.1, -0.05) is 13.8 Å². The molecule has 0 aliphatic carbocycles. The summed E-state index contributed by atoms with van der Waals surface area (Å²) in [7, 11) is 0. The second-order valence-electron chi connectivity index (χ2n) is 6.84. The zero-order chi connectivity index (χ0) is 19.2. The molecular weight excluding hydrogens is 353 g/mol. The Morgan fingerprint density at radius 3 is 2.65 bits per heavy atom. The molecule has 1 atom stereocenters. The minimum atomic E-state index is -4.56. The number of halogens is 3. The molecule has 0 spiro atoms. The lowest BCUT2D eigenvalue weighted by atomic mass is 10.0. The van der Waals surface area contributed by atoms with Crippen molar-refractivity contribution in [2.24, 2.45) is 5.92 Å². The molecule has 0 unspecified atom stereocenters. The Morgan fingerprint density at radius 1 is 1.38 bits per heavy atom. The standard InChI is InChI=1S/C16H19F3N4O3/c1-9(2)7-23-11-5-10(16(17,18)19)6-20-13(11)22-4-3-21(15(25)26)8-12(22)14(23)24/h5-6,9,12H,3-4,7-8H2,1-2H3,(H,25,26)/t12-/m1/s1. The molecule has 2 aliphatic rings. The van der Waals surface area contributed by atoms with Gasteiger partial charge in [-0.15, -0.1) is 0 Å². The molecule has 0 bridgehead atoms. The van der Waals surface area contributed by atoms with Crippen LogP contribution in [0.4, 0.5) is 29.5 Å². The van der Waals surface area contributed by atoms with Crippen LogP contribution >= 0.6 is 0 Å². The molecule has 2 aliphatic heterocycles. The van der Waals surface area contributed by atoms with Crippen LogP contribution in [0.25, 0.3) is 0 Å². The first-order chi connectivity index (χ1) is 12.1. The molecule has 3 rings (SSSR count). The lowest BCUT2D eigenvalue weighted by Crippen LogP contribution is -2.64. The predicted molar refractivity (Wildman–Crippen MR) is 87.2 cm³/mol. The van der Waals surface area contributed by atoms with E-state index in [9.17, 15) is 27.9 Å². The summed E-state index contributed by atoms with van der Waals surface area (Å²) in [4.78, 5) is 32.2. The van der Waals surface area contributed by atoms with Crippen LogP contribution < -0.4 is 9.80 Å². The molecule has 10 heteroatoms. The quantitative estimate of drug-likeness (QED) is 0.862. The molecule has 1 saturated heterocycles. The number of carbonyl (C=O) groups excluding carboxylic acids is 1. The number of alkyl halides is 3. The smallest absolute Gasteiger partial charge is 0.417 e. The predicted octanol–water partition coefficient (Wildman–Crippen LogP) is 2.27. The van der Waals surface area contributed by atoms with Gasteiger partial charge in [-0.25, -0.2) is 9.78 Å². The third-order valence-electron chi connectivity index (χ3n) is 4.49. The average molecular weight is 372 g/mol. The van der Waals surface area contributed by atoms with Crippen molar-refractivity contribution in [2.45, 2.75) is 26.1 Å². The van der Waals surface area contributed by atoms with Gasteiger partial charge in [0.2, 0.25) is 0 Å². The number of nitrogens with zero attached hydrogens (tertiary/aromatic N) is 4. The van der Waals surface area contributed by atoms with Gasteiger partial charge < -0.3 is 19.8 Å². The average Bonchev–Trinajstić information content (AvgIpc) is 2.56. The highest BCUT2D eigenvalue weighted by atomic mass is 19.4. The van der Waals surface area contributed by atoms with Crippen LogP contribution in [-0.4, -0.2) is 59.2 Å². The second-order valence-corrected chi connectivity index (χ2v) is 6.84. The molecule has 1 aromatic rings. The third-order valence-corrected chi connectivity index (χ3v) is 4.49. The van der Waals surface area contributed by atoms with Crippen molar-refractivity contribution < 1.29 is 27.9 Å². The van der Waals surface area contributed by atoms with Crippen LogP contribution in [0.5, 0.6) is 0 Å². The van der Waals surface area contributed by atoms with E-state index in [2.05, 4.69) is 4.98 Å². The van der Waals surface area contributed by atoms with Crippen molar-refractivity contribution in [1.29, 1.82) is 0 Å². The molecule has 26 heavy (non-hydrogen) atoms. The normalized spacial score (nSPS) is 20.3. The summed E-state index contributed by atoms with van der Waals surface area (Å²) in [6.07, 6.45) is -4.94. The Morgan fingerprint density at radius 2 is 2.08 bits per heavy atom. The van der Waals surface area contributed by atoms with Crippen molar-refractivity contribution in [3.63, 3.8) is 0 Å². The first kappa shape index (κ1) is 18.3. The van der Waals surface area contributed by atoms with Gasteiger partial charge in [-0.3, -0.25) is 4.79 Å². The van der Waals surface area contributed by atoms with Gasteiger partial charge in [-0.2, -0.15) is 13.2 Å². The van der Waals surface area contributed by atoms with Gasteiger partial charge in [0.1, 0.15) is 6.04 Å². The first-order valence-corrected chi connectivity index (χ1v) is 8.22. The Bertz CT molecular complexity index is 738. The zero-order valence-electron chi connectivity index (χ0n) is 14.3. The maximum atomic E-state index is 13.1. The van der Waals surface area contributed by atoms with E-state index in [1.165, 1.54) is 4.90 Å². The molecule has 7 nitrogen and oxygen atoms in total. The highest BCUT2D eigenvalue weighted by molar-refractivity contribution is 6.05. The summed E-state index contributed by atoms with van der Waals surface area (Å²) in [6, 6.07) is 0.165. The minimum absolute atomic E-state index is 0.0204. The molecule has 1 aromatic heterocycles. The number of hydrogen-bond donors (Lipinski definition) is 1. The lowest BCUT2D eigenvalue weighted by molar-refractivity contribution is -0.138. The van der Waals surface area contributed by atoms with E-state index >= 15 is 0 Å². The number of carbonyl (C=O) groups is 2. The van der Waals surface area contributed by atoms with E-state index in [0.29, 0.717) is 0 Å². The molecule has 1 N–H and O–H groups in total. The van der Waals surface area contributed by atoms with Crippen molar-refractivity contribution in [3.05, 3.63) is 17.8 Å². The van der Waals surface area contributed by atoms with Crippen molar-refractivity contribution >= 4 is 23.5 Å². The number of anilines is 2. The van der Waals surface area contributed by atoms with Gasteiger partial charge in [-0.05, 0) is 12.0 Å². The Balaban J connectivity index is 2.06. The molecule has 0 aromatic carbocycles. The van der Waals surface area contributed by atoms with Crippen LogP contribution in [0.3, 0.4) is 0 Å². The Hall–Kier alpha value is -2.52. The molecule has 2 amide bonds. The van der Waals surface area contributed by atoms with Crippen molar-refractivity contribution in [1.82, 2.24) is 9.88 Å². The van der Waals surface area contributed by atoms with Gasteiger partial charge >= 0.3 is 12.3 Å². The van der Waals surface area contributed by atoms with Crippen molar-refractivity contribution in [2.75, 3.05) is 36.0 Å². The highest BCUT2D eigenvalue weighted by Gasteiger charge is 2.44. The van der Waals surface area contributed by atoms with E-state index in [0.717, 1.165) is 17.2 Å². The Labute approximate surface area is 148 Å². The van der Waals surface area contributed by atoms with Crippen LogP contribution in [-0.2, 0) is 11.0 Å². The molecule has 142 valence electrons. The van der Waals surface area contributed by atoms with Gasteiger partial charge in [0.25, 0.3) is 5.91 Å². The van der Waals surface area contributed by atoms with Gasteiger partial charge in [0.15, 0.2) is 5.82 Å². The van der Waals surface area contributed by atoms with Crippen LogP contribution in [0.15, 0.2) is 12.3 Å². The number of amides is 2. The monoisotopic (exact) mass is 372 g/mol.